The molecule has 0 amide bonds. The minimum atomic E-state index is -3.02. The normalized spacial score (nSPS) is 18.4. The van der Waals surface area contributed by atoms with Gasteiger partial charge in [0.2, 0.25) is 0 Å². The van der Waals surface area contributed by atoms with Crippen LogP contribution in [0.2, 0.25) is 0 Å². The van der Waals surface area contributed by atoms with Gasteiger partial charge in [-0.05, 0) is 6.42 Å². The second-order valence-corrected chi connectivity index (χ2v) is 6.87. The number of pyridine rings is 1. The van der Waals surface area contributed by atoms with Crippen LogP contribution in [-0.4, -0.2) is 50.0 Å². The van der Waals surface area contributed by atoms with Gasteiger partial charge in [0.1, 0.15) is 11.6 Å². The molecule has 0 bridgehead atoms. The number of aromatic nitrogens is 1. The molecule has 0 aromatic carbocycles. The van der Waals surface area contributed by atoms with Crippen molar-refractivity contribution in [2.45, 2.75) is 6.42 Å². The van der Waals surface area contributed by atoms with E-state index in [0.29, 0.717) is 31.1 Å². The van der Waals surface area contributed by atoms with Gasteiger partial charge in [-0.15, -0.1) is 0 Å². The van der Waals surface area contributed by atoms with E-state index in [4.69, 9.17) is 0 Å². The molecule has 9 heteroatoms. The first kappa shape index (κ1) is 14.5. The van der Waals surface area contributed by atoms with Crippen molar-refractivity contribution in [2.75, 3.05) is 41.9 Å². The first-order chi connectivity index (χ1) is 9.41. The predicted molar refractivity (Wildman–Crippen MR) is 75.9 cm³/mol. The second kappa shape index (κ2) is 5.61. The van der Waals surface area contributed by atoms with Crippen molar-refractivity contribution >= 4 is 27.2 Å². The topological polar surface area (TPSA) is 105 Å². The SMILES string of the molecule is CNc1cc([N+](=O)[O-])cc(N2CCCS(=O)(=O)CC2)n1. The summed E-state index contributed by atoms with van der Waals surface area (Å²) in [5.41, 5.74) is -0.0635. The van der Waals surface area contributed by atoms with Crippen LogP contribution in [0.15, 0.2) is 12.1 Å². The molecule has 1 aromatic rings. The maximum atomic E-state index is 11.6. The quantitative estimate of drug-likeness (QED) is 0.645. The molecule has 2 rings (SSSR count). The molecular weight excluding hydrogens is 284 g/mol. The maximum absolute atomic E-state index is 11.6. The summed E-state index contributed by atoms with van der Waals surface area (Å²) < 4.78 is 23.2. The number of sulfone groups is 1. The van der Waals surface area contributed by atoms with Crippen molar-refractivity contribution in [3.63, 3.8) is 0 Å². The average Bonchev–Trinajstić information content (AvgIpc) is 2.59. The number of anilines is 2. The smallest absolute Gasteiger partial charge is 0.276 e. The van der Waals surface area contributed by atoms with Gasteiger partial charge in [0.15, 0.2) is 9.84 Å². The Hall–Kier alpha value is -1.90. The Labute approximate surface area is 116 Å². The van der Waals surface area contributed by atoms with Gasteiger partial charge in [0, 0.05) is 20.1 Å². The molecule has 2 heterocycles. The molecule has 1 N–H and O–H groups in total. The van der Waals surface area contributed by atoms with Crippen LogP contribution in [-0.2, 0) is 9.84 Å². The molecule has 0 aliphatic carbocycles. The lowest BCUT2D eigenvalue weighted by atomic mass is 10.3. The lowest BCUT2D eigenvalue weighted by Crippen LogP contribution is -2.27. The van der Waals surface area contributed by atoms with Crippen molar-refractivity contribution in [3.8, 4) is 0 Å². The van der Waals surface area contributed by atoms with Crippen molar-refractivity contribution in [3.05, 3.63) is 22.2 Å². The van der Waals surface area contributed by atoms with E-state index in [1.165, 1.54) is 12.1 Å². The largest absolute Gasteiger partial charge is 0.373 e. The summed E-state index contributed by atoms with van der Waals surface area (Å²) in [6.45, 7) is 0.830. The van der Waals surface area contributed by atoms with Gasteiger partial charge in [0.05, 0.1) is 28.6 Å². The Morgan fingerprint density at radius 2 is 2.10 bits per heavy atom. The first-order valence-corrected chi connectivity index (χ1v) is 8.03. The summed E-state index contributed by atoms with van der Waals surface area (Å²) in [6, 6.07) is 2.72. The van der Waals surface area contributed by atoms with Gasteiger partial charge in [-0.1, -0.05) is 0 Å². The van der Waals surface area contributed by atoms with E-state index in [0.717, 1.165) is 0 Å². The molecule has 110 valence electrons. The van der Waals surface area contributed by atoms with Crippen molar-refractivity contribution in [2.24, 2.45) is 0 Å². The van der Waals surface area contributed by atoms with Crippen LogP contribution in [0.25, 0.3) is 0 Å². The summed E-state index contributed by atoms with van der Waals surface area (Å²) in [6.07, 6.45) is 0.502. The van der Waals surface area contributed by atoms with E-state index in [1.54, 1.807) is 11.9 Å². The Morgan fingerprint density at radius 1 is 1.35 bits per heavy atom. The summed E-state index contributed by atoms with van der Waals surface area (Å²) in [5, 5.41) is 13.7. The van der Waals surface area contributed by atoms with Gasteiger partial charge >= 0.3 is 0 Å². The molecule has 0 unspecified atom stereocenters. The van der Waals surface area contributed by atoms with Crippen molar-refractivity contribution < 1.29 is 13.3 Å². The van der Waals surface area contributed by atoms with E-state index in [9.17, 15) is 18.5 Å². The minimum absolute atomic E-state index is 0.0479. The summed E-state index contributed by atoms with van der Waals surface area (Å²) in [7, 11) is -1.39. The molecule has 0 atom stereocenters. The molecule has 8 nitrogen and oxygen atoms in total. The fourth-order valence-corrected chi connectivity index (χ4v) is 3.34. The van der Waals surface area contributed by atoms with E-state index >= 15 is 0 Å². The molecule has 1 aromatic heterocycles. The third-order valence-corrected chi connectivity index (χ3v) is 4.86. The fraction of sp³-hybridized carbons (Fsp3) is 0.545. The number of nitro groups is 1. The molecule has 0 saturated carbocycles. The van der Waals surface area contributed by atoms with Crippen LogP contribution in [0.3, 0.4) is 0 Å². The van der Waals surface area contributed by atoms with Crippen LogP contribution in [0, 0.1) is 10.1 Å². The number of hydrogen-bond donors (Lipinski definition) is 1. The van der Waals surface area contributed by atoms with Gasteiger partial charge < -0.3 is 10.2 Å². The lowest BCUT2D eigenvalue weighted by Gasteiger charge is -2.21. The van der Waals surface area contributed by atoms with Crippen molar-refractivity contribution in [1.29, 1.82) is 0 Å². The highest BCUT2D eigenvalue weighted by Crippen LogP contribution is 2.24. The van der Waals surface area contributed by atoms with Crippen LogP contribution >= 0.6 is 0 Å². The van der Waals surface area contributed by atoms with Crippen LogP contribution in [0.4, 0.5) is 17.3 Å². The third kappa shape index (κ3) is 3.35. The molecule has 20 heavy (non-hydrogen) atoms. The highest BCUT2D eigenvalue weighted by Gasteiger charge is 2.22. The van der Waals surface area contributed by atoms with E-state index < -0.39 is 14.8 Å². The highest BCUT2D eigenvalue weighted by atomic mass is 32.2. The van der Waals surface area contributed by atoms with Crippen LogP contribution in [0.5, 0.6) is 0 Å². The Bertz CT molecular complexity index is 617. The molecule has 1 fully saturated rings. The molecular formula is C11H16N4O4S. The molecule has 0 radical (unpaired) electrons. The maximum Gasteiger partial charge on any atom is 0.276 e. The average molecular weight is 300 g/mol. The van der Waals surface area contributed by atoms with Gasteiger partial charge in [-0.2, -0.15) is 0 Å². The Morgan fingerprint density at radius 3 is 2.75 bits per heavy atom. The molecule has 1 aliphatic heterocycles. The van der Waals surface area contributed by atoms with E-state index in [-0.39, 0.29) is 17.2 Å². The van der Waals surface area contributed by atoms with E-state index in [2.05, 4.69) is 10.3 Å². The highest BCUT2D eigenvalue weighted by molar-refractivity contribution is 7.91. The lowest BCUT2D eigenvalue weighted by molar-refractivity contribution is -0.384. The summed E-state index contributed by atoms with van der Waals surface area (Å²) >= 11 is 0. The standard InChI is InChI=1S/C11H16N4O4S/c1-12-10-7-9(15(16)17)8-11(13-10)14-3-2-5-20(18,19)6-4-14/h7-8H,2-6H2,1H3,(H,12,13). The zero-order chi connectivity index (χ0) is 14.8. The molecule has 1 saturated heterocycles. The third-order valence-electron chi connectivity index (χ3n) is 3.14. The Kier molecular flexibility index (Phi) is 4.07. The first-order valence-electron chi connectivity index (χ1n) is 6.21. The fourth-order valence-electron chi connectivity index (χ4n) is 2.07. The number of nitrogens with one attached hydrogen (secondary N) is 1. The van der Waals surface area contributed by atoms with Gasteiger partial charge in [-0.3, -0.25) is 10.1 Å². The summed E-state index contributed by atoms with van der Waals surface area (Å²) in [4.78, 5) is 16.5. The van der Waals surface area contributed by atoms with Gasteiger partial charge in [0.25, 0.3) is 5.69 Å². The minimum Gasteiger partial charge on any atom is -0.373 e. The summed E-state index contributed by atoms with van der Waals surface area (Å²) in [5.74, 6) is 1.02. The number of nitrogens with zero attached hydrogens (tertiary/aromatic N) is 3. The monoisotopic (exact) mass is 300 g/mol. The Balaban J connectivity index is 2.31. The second-order valence-electron chi connectivity index (χ2n) is 4.57. The molecule has 0 spiro atoms. The number of rotatable bonds is 3. The predicted octanol–water partition coefficient (Wildman–Crippen LogP) is 0.656. The van der Waals surface area contributed by atoms with Gasteiger partial charge in [-0.25, -0.2) is 13.4 Å². The van der Waals surface area contributed by atoms with Crippen LogP contribution < -0.4 is 10.2 Å². The van der Waals surface area contributed by atoms with E-state index in [1.807, 2.05) is 0 Å². The zero-order valence-corrected chi connectivity index (χ0v) is 11.9. The van der Waals surface area contributed by atoms with Crippen molar-refractivity contribution in [1.82, 2.24) is 4.98 Å². The van der Waals surface area contributed by atoms with Crippen LogP contribution in [0.1, 0.15) is 6.42 Å². The zero-order valence-electron chi connectivity index (χ0n) is 11.1. The molecule has 1 aliphatic rings. The number of hydrogen-bond acceptors (Lipinski definition) is 7.